The molecule has 0 spiro atoms. The molecule has 1 aliphatic rings. The van der Waals surface area contributed by atoms with E-state index in [0.29, 0.717) is 24.2 Å². The van der Waals surface area contributed by atoms with E-state index in [4.69, 9.17) is 9.52 Å². The number of rotatable bonds is 7. The number of aliphatic hydroxyl groups excluding tert-OH is 1. The van der Waals surface area contributed by atoms with Crippen LogP contribution in [-0.4, -0.2) is 53.0 Å². The molecule has 1 saturated heterocycles. The molecule has 0 aromatic carbocycles. The van der Waals surface area contributed by atoms with E-state index in [9.17, 15) is 0 Å². The normalized spacial score (nSPS) is 18.0. The van der Waals surface area contributed by atoms with Crippen molar-refractivity contribution < 1.29 is 9.52 Å². The Morgan fingerprint density at radius 3 is 2.70 bits per heavy atom. The number of aliphatic hydroxyl groups is 1. The number of piperidine rings is 1. The lowest BCUT2D eigenvalue weighted by atomic mass is 9.97. The predicted octanol–water partition coefficient (Wildman–Crippen LogP) is 0.987. The number of aromatic nitrogens is 2. The van der Waals surface area contributed by atoms with Gasteiger partial charge in [0, 0.05) is 12.5 Å². The van der Waals surface area contributed by atoms with E-state index >= 15 is 0 Å². The van der Waals surface area contributed by atoms with E-state index in [-0.39, 0.29) is 12.5 Å². The molecule has 1 aliphatic heterocycles. The highest BCUT2D eigenvalue weighted by Gasteiger charge is 2.18. The van der Waals surface area contributed by atoms with Crippen LogP contribution in [0.4, 0.5) is 0 Å². The van der Waals surface area contributed by atoms with Gasteiger partial charge in [-0.15, -0.1) is 10.2 Å². The number of likely N-dealkylation sites (tertiary alicyclic amines) is 1. The summed E-state index contributed by atoms with van der Waals surface area (Å²) in [6, 6.07) is 0. The molecule has 0 atom stereocenters. The first-order chi connectivity index (χ1) is 9.69. The third kappa shape index (κ3) is 4.54. The van der Waals surface area contributed by atoms with E-state index in [2.05, 4.69) is 20.4 Å². The molecule has 2 N–H and O–H groups in total. The zero-order valence-electron chi connectivity index (χ0n) is 12.5. The lowest BCUT2D eigenvalue weighted by Crippen LogP contribution is -2.38. The minimum absolute atomic E-state index is 0.262. The Hall–Kier alpha value is -0.980. The van der Waals surface area contributed by atoms with Crippen LogP contribution in [-0.2, 0) is 6.54 Å². The third-order valence-electron chi connectivity index (χ3n) is 3.81. The Bertz CT molecular complexity index is 386. The number of nitrogens with one attached hydrogen (secondary N) is 1. The van der Waals surface area contributed by atoms with Crippen molar-refractivity contribution in [2.75, 3.05) is 32.8 Å². The SMILES string of the molecule is CC(C)c1nnc(CNCC2CCN(CCO)CC2)o1. The van der Waals surface area contributed by atoms with Crippen molar-refractivity contribution in [3.63, 3.8) is 0 Å². The zero-order chi connectivity index (χ0) is 14.4. The molecule has 2 heterocycles. The average Bonchev–Trinajstić information content (AvgIpc) is 2.90. The van der Waals surface area contributed by atoms with Crippen LogP contribution in [0.15, 0.2) is 4.42 Å². The second-order valence-corrected chi connectivity index (χ2v) is 5.83. The molecule has 1 aromatic rings. The van der Waals surface area contributed by atoms with E-state index in [0.717, 1.165) is 26.2 Å². The van der Waals surface area contributed by atoms with Crippen LogP contribution in [0.5, 0.6) is 0 Å². The lowest BCUT2D eigenvalue weighted by Gasteiger charge is -2.31. The van der Waals surface area contributed by atoms with Gasteiger partial charge >= 0.3 is 0 Å². The molecule has 1 aromatic heterocycles. The summed E-state index contributed by atoms with van der Waals surface area (Å²) in [5, 5.41) is 20.4. The summed E-state index contributed by atoms with van der Waals surface area (Å²) in [4.78, 5) is 2.32. The van der Waals surface area contributed by atoms with Crippen LogP contribution in [0.1, 0.15) is 44.4 Å². The Morgan fingerprint density at radius 2 is 2.10 bits per heavy atom. The fourth-order valence-corrected chi connectivity index (χ4v) is 2.51. The Kier molecular flexibility index (Phi) is 5.94. The van der Waals surface area contributed by atoms with Crippen molar-refractivity contribution in [3.05, 3.63) is 11.8 Å². The lowest BCUT2D eigenvalue weighted by molar-refractivity contribution is 0.146. The van der Waals surface area contributed by atoms with Crippen molar-refractivity contribution in [1.82, 2.24) is 20.4 Å². The van der Waals surface area contributed by atoms with Gasteiger partial charge in [-0.05, 0) is 38.4 Å². The van der Waals surface area contributed by atoms with Crippen molar-refractivity contribution in [1.29, 1.82) is 0 Å². The summed E-state index contributed by atoms with van der Waals surface area (Å²) in [5.41, 5.74) is 0. The highest BCUT2D eigenvalue weighted by Crippen LogP contribution is 2.16. The first kappa shape index (κ1) is 15.4. The van der Waals surface area contributed by atoms with Crippen LogP contribution >= 0.6 is 0 Å². The summed E-state index contributed by atoms with van der Waals surface area (Å²) >= 11 is 0. The molecule has 0 radical (unpaired) electrons. The summed E-state index contributed by atoms with van der Waals surface area (Å²) in [7, 11) is 0. The summed E-state index contributed by atoms with van der Waals surface area (Å²) < 4.78 is 5.56. The van der Waals surface area contributed by atoms with Crippen LogP contribution in [0.2, 0.25) is 0 Å². The van der Waals surface area contributed by atoms with E-state index < -0.39 is 0 Å². The van der Waals surface area contributed by atoms with Gasteiger partial charge in [0.1, 0.15) is 0 Å². The monoisotopic (exact) mass is 282 g/mol. The molecule has 114 valence electrons. The topological polar surface area (TPSA) is 74.4 Å². The van der Waals surface area contributed by atoms with Crippen molar-refractivity contribution in [2.24, 2.45) is 5.92 Å². The fraction of sp³-hybridized carbons (Fsp3) is 0.857. The number of hydrogen-bond donors (Lipinski definition) is 2. The molecular weight excluding hydrogens is 256 g/mol. The Balaban J connectivity index is 1.64. The van der Waals surface area contributed by atoms with Crippen molar-refractivity contribution in [3.8, 4) is 0 Å². The predicted molar refractivity (Wildman–Crippen MR) is 76.3 cm³/mol. The van der Waals surface area contributed by atoms with Gasteiger partial charge in [-0.1, -0.05) is 13.8 Å². The largest absolute Gasteiger partial charge is 0.424 e. The third-order valence-corrected chi connectivity index (χ3v) is 3.81. The highest BCUT2D eigenvalue weighted by molar-refractivity contribution is 4.87. The van der Waals surface area contributed by atoms with Crippen LogP contribution in [0.3, 0.4) is 0 Å². The molecule has 0 amide bonds. The molecule has 6 heteroatoms. The molecular formula is C14H26N4O2. The number of hydrogen-bond acceptors (Lipinski definition) is 6. The van der Waals surface area contributed by atoms with Crippen LogP contribution in [0.25, 0.3) is 0 Å². The van der Waals surface area contributed by atoms with E-state index in [1.54, 1.807) is 0 Å². The number of nitrogens with zero attached hydrogens (tertiary/aromatic N) is 3. The molecule has 0 aliphatic carbocycles. The van der Waals surface area contributed by atoms with Gasteiger partial charge in [-0.25, -0.2) is 0 Å². The van der Waals surface area contributed by atoms with Gasteiger partial charge in [0.2, 0.25) is 11.8 Å². The Labute approximate surface area is 120 Å². The first-order valence-corrected chi connectivity index (χ1v) is 7.55. The molecule has 0 bridgehead atoms. The maximum Gasteiger partial charge on any atom is 0.230 e. The molecule has 6 nitrogen and oxygen atoms in total. The molecule has 0 unspecified atom stereocenters. The second-order valence-electron chi connectivity index (χ2n) is 5.83. The van der Waals surface area contributed by atoms with Crippen molar-refractivity contribution >= 4 is 0 Å². The average molecular weight is 282 g/mol. The molecule has 2 rings (SSSR count). The second kappa shape index (κ2) is 7.71. The fourth-order valence-electron chi connectivity index (χ4n) is 2.51. The van der Waals surface area contributed by atoms with Crippen LogP contribution < -0.4 is 5.32 Å². The van der Waals surface area contributed by atoms with E-state index in [1.165, 1.54) is 12.8 Å². The van der Waals surface area contributed by atoms with Gasteiger partial charge in [0.15, 0.2) is 0 Å². The van der Waals surface area contributed by atoms with Crippen LogP contribution in [0, 0.1) is 5.92 Å². The standard InChI is InChI=1S/C14H26N4O2/c1-11(2)14-17-16-13(20-14)10-15-9-12-3-5-18(6-4-12)7-8-19/h11-12,15,19H,3-10H2,1-2H3. The van der Waals surface area contributed by atoms with Gasteiger partial charge in [-0.3, -0.25) is 0 Å². The maximum atomic E-state index is 8.92. The quantitative estimate of drug-likeness (QED) is 0.777. The Morgan fingerprint density at radius 1 is 1.35 bits per heavy atom. The highest BCUT2D eigenvalue weighted by atomic mass is 16.4. The molecule has 1 fully saturated rings. The number of β-amino-alcohol motifs (C(OH)–C–C–N with tert-alkyl or cyclic N) is 1. The van der Waals surface area contributed by atoms with Gasteiger partial charge < -0.3 is 19.7 Å². The minimum Gasteiger partial charge on any atom is -0.424 e. The smallest absolute Gasteiger partial charge is 0.230 e. The maximum absolute atomic E-state index is 8.92. The zero-order valence-corrected chi connectivity index (χ0v) is 12.5. The molecule has 20 heavy (non-hydrogen) atoms. The van der Waals surface area contributed by atoms with Gasteiger partial charge in [0.25, 0.3) is 0 Å². The summed E-state index contributed by atoms with van der Waals surface area (Å²) in [5.74, 6) is 2.37. The van der Waals surface area contributed by atoms with Gasteiger partial charge in [0.05, 0.1) is 13.2 Å². The minimum atomic E-state index is 0.262. The van der Waals surface area contributed by atoms with E-state index in [1.807, 2.05) is 13.8 Å². The summed E-state index contributed by atoms with van der Waals surface area (Å²) in [6.07, 6.45) is 2.38. The first-order valence-electron chi connectivity index (χ1n) is 7.55. The molecule has 0 saturated carbocycles. The van der Waals surface area contributed by atoms with Crippen molar-refractivity contribution in [2.45, 2.75) is 39.2 Å². The summed E-state index contributed by atoms with van der Waals surface area (Å²) in [6.45, 7) is 8.98. The van der Waals surface area contributed by atoms with Gasteiger partial charge in [-0.2, -0.15) is 0 Å².